The maximum atomic E-state index is 2.39. The van der Waals surface area contributed by atoms with Crippen LogP contribution in [0.1, 0.15) is 0 Å². The molecule has 1 heterocycles. The van der Waals surface area contributed by atoms with E-state index in [9.17, 15) is 0 Å². The summed E-state index contributed by atoms with van der Waals surface area (Å²) in [5.74, 6) is 0. The topological polar surface area (TPSA) is 3.24 Å². The van der Waals surface area contributed by atoms with Gasteiger partial charge in [0.2, 0.25) is 0 Å². The SMILES string of the molecule is c1ccc(N(c2ccc(-c3cccc4cc5sc6ccccc6c5cc34)cc2)c2ccc(-c3cc4ccccc4c4ccccc34)cc2)cc1. The lowest BCUT2D eigenvalue weighted by molar-refractivity contribution is 1.28. The second-order valence-corrected chi connectivity index (χ2v) is 14.0. The zero-order chi connectivity index (χ0) is 33.0. The highest BCUT2D eigenvalue weighted by atomic mass is 32.1. The van der Waals surface area contributed by atoms with Gasteiger partial charge in [0, 0.05) is 37.2 Å². The summed E-state index contributed by atoms with van der Waals surface area (Å²) in [5.41, 5.74) is 8.30. The van der Waals surface area contributed by atoms with E-state index in [0.29, 0.717) is 0 Å². The summed E-state index contributed by atoms with van der Waals surface area (Å²) in [4.78, 5) is 2.34. The number of hydrogen-bond acceptors (Lipinski definition) is 2. The fourth-order valence-electron chi connectivity index (χ4n) is 7.65. The van der Waals surface area contributed by atoms with Crippen molar-refractivity contribution in [3.8, 4) is 22.3 Å². The van der Waals surface area contributed by atoms with Gasteiger partial charge >= 0.3 is 0 Å². The van der Waals surface area contributed by atoms with Crippen molar-refractivity contribution in [2.75, 3.05) is 4.90 Å². The van der Waals surface area contributed by atoms with Crippen LogP contribution in [-0.2, 0) is 0 Å². The smallest absolute Gasteiger partial charge is 0.0462 e. The number of nitrogens with zero attached hydrogens (tertiary/aromatic N) is 1. The molecule has 0 unspecified atom stereocenters. The molecule has 2 heteroatoms. The van der Waals surface area contributed by atoms with Crippen LogP contribution in [0.2, 0.25) is 0 Å². The van der Waals surface area contributed by atoms with E-state index >= 15 is 0 Å². The van der Waals surface area contributed by atoms with Gasteiger partial charge in [-0.15, -0.1) is 11.3 Å². The molecule has 0 saturated heterocycles. The number of para-hydroxylation sites is 1. The minimum Gasteiger partial charge on any atom is -0.311 e. The zero-order valence-electron chi connectivity index (χ0n) is 27.3. The second-order valence-electron chi connectivity index (χ2n) is 12.9. The van der Waals surface area contributed by atoms with Crippen molar-refractivity contribution < 1.29 is 0 Å². The molecule has 0 aliphatic heterocycles. The van der Waals surface area contributed by atoms with Crippen molar-refractivity contribution in [2.24, 2.45) is 0 Å². The van der Waals surface area contributed by atoms with Crippen LogP contribution >= 0.6 is 11.3 Å². The van der Waals surface area contributed by atoms with E-state index in [-0.39, 0.29) is 0 Å². The standard InChI is InChI=1S/C48H31NS/c1-2-13-36(14-3-1)49(38-27-23-33(24-28-38)44-29-34-11-4-5-15-40(34)41-16-6-7-17-42(41)44)37-25-21-32(22-26-37)39-19-10-12-35-30-48-46(31-45(35)39)43-18-8-9-20-47(43)50-48/h1-31H. The molecule has 50 heavy (non-hydrogen) atoms. The Balaban J connectivity index is 1.05. The average molecular weight is 654 g/mol. The maximum absolute atomic E-state index is 2.39. The average Bonchev–Trinajstić information content (AvgIpc) is 3.55. The molecule has 0 aliphatic rings. The molecule has 0 bridgehead atoms. The summed E-state index contributed by atoms with van der Waals surface area (Å²) in [6.45, 7) is 0. The summed E-state index contributed by atoms with van der Waals surface area (Å²) in [6, 6.07) is 68.6. The number of rotatable bonds is 5. The minimum absolute atomic E-state index is 1.12. The summed E-state index contributed by atoms with van der Waals surface area (Å²) in [6.07, 6.45) is 0. The monoisotopic (exact) mass is 653 g/mol. The van der Waals surface area contributed by atoms with Crippen LogP contribution < -0.4 is 4.90 Å². The molecule has 0 aliphatic carbocycles. The van der Waals surface area contributed by atoms with Crippen LogP contribution in [0.3, 0.4) is 0 Å². The van der Waals surface area contributed by atoms with E-state index in [0.717, 1.165) is 17.1 Å². The molecule has 0 N–H and O–H groups in total. The molecule has 0 atom stereocenters. The van der Waals surface area contributed by atoms with Crippen LogP contribution in [0, 0.1) is 0 Å². The van der Waals surface area contributed by atoms with E-state index < -0.39 is 0 Å². The van der Waals surface area contributed by atoms with Crippen molar-refractivity contribution in [3.63, 3.8) is 0 Å². The van der Waals surface area contributed by atoms with Crippen LogP contribution in [0.4, 0.5) is 17.1 Å². The molecular weight excluding hydrogens is 623 g/mol. The first-order valence-corrected chi connectivity index (χ1v) is 17.9. The third kappa shape index (κ3) is 4.76. The number of anilines is 3. The van der Waals surface area contributed by atoms with Crippen LogP contribution in [0.25, 0.3) is 74.7 Å². The van der Waals surface area contributed by atoms with E-state index in [1.165, 1.54) is 74.7 Å². The molecule has 10 aromatic rings. The minimum atomic E-state index is 1.12. The third-order valence-corrected chi connectivity index (χ3v) is 11.2. The lowest BCUT2D eigenvalue weighted by atomic mass is 9.93. The third-order valence-electron chi connectivity index (χ3n) is 10.0. The van der Waals surface area contributed by atoms with Gasteiger partial charge in [-0.2, -0.15) is 0 Å². The van der Waals surface area contributed by atoms with E-state index in [2.05, 4.69) is 193 Å². The molecule has 1 aromatic heterocycles. The molecule has 0 fully saturated rings. The van der Waals surface area contributed by atoms with Crippen molar-refractivity contribution in [1.82, 2.24) is 0 Å². The number of fused-ring (bicyclic) bond motifs is 7. The first-order chi connectivity index (χ1) is 24.8. The Kier molecular flexibility index (Phi) is 6.75. The lowest BCUT2D eigenvalue weighted by Crippen LogP contribution is -2.09. The lowest BCUT2D eigenvalue weighted by Gasteiger charge is -2.26. The van der Waals surface area contributed by atoms with Crippen LogP contribution in [0.5, 0.6) is 0 Å². The van der Waals surface area contributed by atoms with E-state index in [4.69, 9.17) is 0 Å². The quantitative estimate of drug-likeness (QED) is 0.167. The molecular formula is C48H31NS. The van der Waals surface area contributed by atoms with Crippen molar-refractivity contribution in [1.29, 1.82) is 0 Å². The molecule has 0 amide bonds. The fourth-order valence-corrected chi connectivity index (χ4v) is 8.78. The van der Waals surface area contributed by atoms with Gasteiger partial charge in [0.05, 0.1) is 0 Å². The number of benzene rings is 9. The summed E-state index contributed by atoms with van der Waals surface area (Å²) < 4.78 is 2.67. The van der Waals surface area contributed by atoms with Gasteiger partial charge in [-0.25, -0.2) is 0 Å². The summed E-state index contributed by atoms with van der Waals surface area (Å²) in [7, 11) is 0. The highest BCUT2D eigenvalue weighted by Crippen LogP contribution is 2.41. The molecule has 234 valence electrons. The summed E-state index contributed by atoms with van der Waals surface area (Å²) >= 11 is 1.87. The van der Waals surface area contributed by atoms with Crippen molar-refractivity contribution in [3.05, 3.63) is 188 Å². The molecule has 10 rings (SSSR count). The van der Waals surface area contributed by atoms with Crippen molar-refractivity contribution in [2.45, 2.75) is 0 Å². The Morgan fingerprint density at radius 3 is 1.62 bits per heavy atom. The van der Waals surface area contributed by atoms with Gasteiger partial charge < -0.3 is 4.90 Å². The van der Waals surface area contributed by atoms with E-state index in [1.54, 1.807) is 0 Å². The van der Waals surface area contributed by atoms with Gasteiger partial charge in [-0.05, 0) is 115 Å². The molecule has 0 spiro atoms. The Morgan fingerprint density at radius 2 is 0.860 bits per heavy atom. The van der Waals surface area contributed by atoms with E-state index in [1.807, 2.05) is 11.3 Å². The zero-order valence-corrected chi connectivity index (χ0v) is 28.1. The maximum Gasteiger partial charge on any atom is 0.0462 e. The van der Waals surface area contributed by atoms with Crippen LogP contribution in [-0.4, -0.2) is 0 Å². The summed E-state index contributed by atoms with van der Waals surface area (Å²) in [5, 5.41) is 10.3. The number of hydrogen-bond donors (Lipinski definition) is 0. The normalized spacial score (nSPS) is 11.6. The largest absolute Gasteiger partial charge is 0.311 e. The Hall–Kier alpha value is -6.22. The number of thiophene rings is 1. The molecule has 0 saturated carbocycles. The predicted octanol–water partition coefficient (Wildman–Crippen LogP) is 14.3. The Labute approximate surface area is 294 Å². The van der Waals surface area contributed by atoms with Crippen LogP contribution in [0.15, 0.2) is 188 Å². The van der Waals surface area contributed by atoms with Gasteiger partial charge in [-0.1, -0.05) is 127 Å². The Morgan fingerprint density at radius 1 is 0.300 bits per heavy atom. The Bertz CT molecular complexity index is 2850. The van der Waals surface area contributed by atoms with Gasteiger partial charge in [0.15, 0.2) is 0 Å². The first kappa shape index (κ1) is 28.8. The molecule has 1 nitrogen and oxygen atoms in total. The highest BCUT2D eigenvalue weighted by Gasteiger charge is 2.15. The molecule has 9 aromatic carbocycles. The van der Waals surface area contributed by atoms with Gasteiger partial charge in [-0.3, -0.25) is 0 Å². The van der Waals surface area contributed by atoms with Gasteiger partial charge in [0.25, 0.3) is 0 Å². The predicted molar refractivity (Wildman–Crippen MR) is 217 cm³/mol. The fraction of sp³-hybridized carbons (Fsp3) is 0. The van der Waals surface area contributed by atoms with Gasteiger partial charge in [0.1, 0.15) is 0 Å². The highest BCUT2D eigenvalue weighted by molar-refractivity contribution is 7.25. The van der Waals surface area contributed by atoms with Crippen molar-refractivity contribution >= 4 is 80.9 Å². The second kappa shape index (κ2) is 11.7. The first-order valence-electron chi connectivity index (χ1n) is 17.1. The molecule has 0 radical (unpaired) electrons.